The van der Waals surface area contributed by atoms with Gasteiger partial charge in [-0.25, -0.2) is 18.6 Å². The highest BCUT2D eigenvalue weighted by atomic mass is 35.5. The van der Waals surface area contributed by atoms with Crippen LogP contribution in [0.1, 0.15) is 16.6 Å². The van der Waals surface area contributed by atoms with Crippen molar-refractivity contribution in [1.82, 2.24) is 15.2 Å². The molecule has 2 aliphatic heterocycles. The maximum absolute atomic E-state index is 14.3. The number of methoxy groups -OCH3 is 1. The van der Waals surface area contributed by atoms with Crippen LogP contribution in [0.15, 0.2) is 40.0 Å². The molecule has 1 saturated heterocycles. The summed E-state index contributed by atoms with van der Waals surface area (Å²) >= 11 is 7.49. The fourth-order valence-electron chi connectivity index (χ4n) is 3.48. The van der Waals surface area contributed by atoms with E-state index >= 15 is 0 Å². The second-order valence-corrected chi connectivity index (χ2v) is 8.15. The summed E-state index contributed by atoms with van der Waals surface area (Å²) < 4.78 is 38.4. The second kappa shape index (κ2) is 9.39. The van der Waals surface area contributed by atoms with Crippen molar-refractivity contribution in [2.24, 2.45) is 4.99 Å². The van der Waals surface area contributed by atoms with E-state index in [0.29, 0.717) is 49.4 Å². The quantitative estimate of drug-likeness (QED) is 0.537. The lowest BCUT2D eigenvalue weighted by molar-refractivity contribution is -0.136. The molecule has 0 amide bonds. The number of nitrogens with zero attached hydrogens (tertiary/aromatic N) is 3. The molecule has 11 heteroatoms. The number of aliphatic imine (C=N–C) groups is 1. The summed E-state index contributed by atoms with van der Waals surface area (Å²) in [5, 5.41) is 5.15. The highest BCUT2D eigenvalue weighted by Gasteiger charge is 2.35. The summed E-state index contributed by atoms with van der Waals surface area (Å²) in [6, 6.07) is 1.30. The average molecular weight is 469 g/mol. The van der Waals surface area contributed by atoms with Gasteiger partial charge < -0.3 is 14.8 Å². The van der Waals surface area contributed by atoms with Crippen molar-refractivity contribution in [1.29, 1.82) is 0 Å². The Bertz CT molecular complexity index is 1040. The van der Waals surface area contributed by atoms with E-state index in [1.807, 2.05) is 0 Å². The molecular formula is C20H19ClF2N4O3S. The van der Waals surface area contributed by atoms with Crippen LogP contribution in [0.5, 0.6) is 0 Å². The Labute approximate surface area is 186 Å². The molecule has 3 heterocycles. The summed E-state index contributed by atoms with van der Waals surface area (Å²) in [5.41, 5.74) is 0.887. The van der Waals surface area contributed by atoms with Crippen molar-refractivity contribution in [3.8, 4) is 0 Å². The van der Waals surface area contributed by atoms with Gasteiger partial charge in [0, 0.05) is 42.5 Å². The zero-order valence-corrected chi connectivity index (χ0v) is 18.1. The van der Waals surface area contributed by atoms with Crippen LogP contribution in [0.3, 0.4) is 0 Å². The van der Waals surface area contributed by atoms with Gasteiger partial charge in [0.1, 0.15) is 6.04 Å². The maximum atomic E-state index is 14.3. The van der Waals surface area contributed by atoms with Gasteiger partial charge in [0.15, 0.2) is 22.5 Å². The van der Waals surface area contributed by atoms with E-state index < -0.39 is 28.7 Å². The topological polar surface area (TPSA) is 76.0 Å². The Morgan fingerprint density at radius 1 is 1.39 bits per heavy atom. The molecule has 0 radical (unpaired) electrons. The summed E-state index contributed by atoms with van der Waals surface area (Å²) in [4.78, 5) is 23.8. The van der Waals surface area contributed by atoms with Crippen LogP contribution < -0.4 is 5.32 Å². The Morgan fingerprint density at radius 2 is 2.16 bits per heavy atom. The minimum atomic E-state index is -1.19. The number of morpholine rings is 1. The lowest BCUT2D eigenvalue weighted by atomic mass is 9.95. The molecule has 0 spiro atoms. The zero-order valence-electron chi connectivity index (χ0n) is 16.5. The second-order valence-electron chi connectivity index (χ2n) is 6.88. The van der Waals surface area contributed by atoms with E-state index in [4.69, 9.17) is 21.1 Å². The fraction of sp³-hybridized carbons (Fsp3) is 0.350. The first-order chi connectivity index (χ1) is 15.0. The first-order valence-corrected chi connectivity index (χ1v) is 10.7. The van der Waals surface area contributed by atoms with Crippen LogP contribution in [0.25, 0.3) is 0 Å². The average Bonchev–Trinajstić information content (AvgIpc) is 3.32. The van der Waals surface area contributed by atoms with Crippen molar-refractivity contribution >= 4 is 34.7 Å². The molecule has 1 aromatic heterocycles. The van der Waals surface area contributed by atoms with Gasteiger partial charge in [0.2, 0.25) is 0 Å². The van der Waals surface area contributed by atoms with E-state index in [0.717, 1.165) is 6.07 Å². The third-order valence-corrected chi connectivity index (χ3v) is 6.18. The monoisotopic (exact) mass is 468 g/mol. The van der Waals surface area contributed by atoms with Crippen LogP contribution in [-0.2, 0) is 14.3 Å². The third-order valence-electron chi connectivity index (χ3n) is 5.01. The molecule has 1 atom stereocenters. The largest absolute Gasteiger partial charge is 0.466 e. The number of ether oxygens (including phenoxy) is 2. The van der Waals surface area contributed by atoms with E-state index in [2.05, 4.69) is 20.2 Å². The Morgan fingerprint density at radius 3 is 2.84 bits per heavy atom. The maximum Gasteiger partial charge on any atom is 0.338 e. The number of thiazole rings is 1. The summed E-state index contributed by atoms with van der Waals surface area (Å²) in [7, 11) is 1.26. The molecule has 0 bridgehead atoms. The fourth-order valence-corrected chi connectivity index (χ4v) is 4.32. The van der Waals surface area contributed by atoms with Gasteiger partial charge in [-0.15, -0.1) is 11.3 Å². The molecule has 164 valence electrons. The summed E-state index contributed by atoms with van der Waals surface area (Å²) in [5.74, 6) is -2.49. The SMILES string of the molecule is COC(=O)C1=C(CN2CCOCC2)NC(c2nccs2)=N[C@H]1c1ccc(F)c(F)c1Cl. The lowest BCUT2D eigenvalue weighted by Crippen LogP contribution is -2.43. The van der Waals surface area contributed by atoms with Gasteiger partial charge in [-0.05, 0) is 6.07 Å². The van der Waals surface area contributed by atoms with Gasteiger partial charge in [0.05, 0.1) is 30.9 Å². The van der Waals surface area contributed by atoms with Crippen LogP contribution in [0.2, 0.25) is 5.02 Å². The smallest absolute Gasteiger partial charge is 0.338 e. The van der Waals surface area contributed by atoms with E-state index in [1.165, 1.54) is 24.5 Å². The number of carbonyl (C=O) groups is 1. The number of esters is 1. The molecule has 2 aromatic rings. The number of carbonyl (C=O) groups excluding carboxylic acids is 1. The molecule has 1 aromatic carbocycles. The van der Waals surface area contributed by atoms with Crippen molar-refractivity contribution in [3.05, 3.63) is 62.2 Å². The Hall–Kier alpha value is -2.40. The van der Waals surface area contributed by atoms with Crippen LogP contribution in [-0.4, -0.2) is 61.6 Å². The van der Waals surface area contributed by atoms with Gasteiger partial charge in [-0.1, -0.05) is 17.7 Å². The highest BCUT2D eigenvalue weighted by molar-refractivity contribution is 7.11. The zero-order chi connectivity index (χ0) is 22.0. The van der Waals surface area contributed by atoms with Gasteiger partial charge in [-0.2, -0.15) is 0 Å². The van der Waals surface area contributed by atoms with Gasteiger partial charge in [0.25, 0.3) is 0 Å². The van der Waals surface area contributed by atoms with Gasteiger partial charge in [-0.3, -0.25) is 9.89 Å². The van der Waals surface area contributed by atoms with E-state index in [9.17, 15) is 13.6 Å². The first kappa shape index (κ1) is 21.8. The van der Waals surface area contributed by atoms with Crippen molar-refractivity contribution < 1.29 is 23.0 Å². The standard InChI is InChI=1S/C20H19ClF2N4O3S/c1-29-20(28)14-13(10-27-5-7-30-8-6-27)25-18(19-24-4-9-31-19)26-17(14)11-2-3-12(22)16(23)15(11)21/h2-4,9,17H,5-8,10H2,1H3,(H,25,26)/t17-/m0/s1. The molecule has 7 nitrogen and oxygen atoms in total. The normalized spacial score (nSPS) is 19.7. The van der Waals surface area contributed by atoms with Crippen molar-refractivity contribution in [2.45, 2.75) is 6.04 Å². The predicted molar refractivity (Wildman–Crippen MR) is 112 cm³/mol. The minimum Gasteiger partial charge on any atom is -0.466 e. The first-order valence-electron chi connectivity index (χ1n) is 9.49. The Balaban J connectivity index is 1.84. The van der Waals surface area contributed by atoms with Gasteiger partial charge >= 0.3 is 5.97 Å². The molecule has 1 fully saturated rings. The number of nitrogens with one attached hydrogen (secondary N) is 1. The number of hydrogen-bond acceptors (Lipinski definition) is 8. The summed E-state index contributed by atoms with van der Waals surface area (Å²) in [6.45, 7) is 2.90. The number of aromatic nitrogens is 1. The molecule has 0 unspecified atom stereocenters. The Kier molecular flexibility index (Phi) is 6.61. The third kappa shape index (κ3) is 4.47. The molecule has 31 heavy (non-hydrogen) atoms. The molecule has 1 N–H and O–H groups in total. The lowest BCUT2D eigenvalue weighted by Gasteiger charge is -2.32. The molecule has 0 aliphatic carbocycles. The molecule has 2 aliphatic rings. The highest BCUT2D eigenvalue weighted by Crippen LogP contribution is 2.38. The van der Waals surface area contributed by atoms with Crippen LogP contribution in [0, 0.1) is 11.6 Å². The molecular weight excluding hydrogens is 450 g/mol. The number of benzene rings is 1. The molecule has 4 rings (SSSR count). The minimum absolute atomic E-state index is 0.163. The van der Waals surface area contributed by atoms with Crippen LogP contribution >= 0.6 is 22.9 Å². The predicted octanol–water partition coefficient (Wildman–Crippen LogP) is 2.93. The van der Waals surface area contributed by atoms with Crippen molar-refractivity contribution in [2.75, 3.05) is 40.0 Å². The van der Waals surface area contributed by atoms with E-state index in [1.54, 1.807) is 11.6 Å². The number of amidine groups is 1. The number of halogens is 3. The number of hydrogen-bond donors (Lipinski definition) is 1. The number of rotatable bonds is 5. The van der Waals surface area contributed by atoms with E-state index in [-0.39, 0.29) is 11.1 Å². The van der Waals surface area contributed by atoms with Crippen LogP contribution in [0.4, 0.5) is 8.78 Å². The molecule has 0 saturated carbocycles. The van der Waals surface area contributed by atoms with Crippen molar-refractivity contribution in [3.63, 3.8) is 0 Å². The summed E-state index contributed by atoms with van der Waals surface area (Å²) in [6.07, 6.45) is 1.63.